The highest BCUT2D eigenvalue weighted by Crippen LogP contribution is 2.09. The van der Waals surface area contributed by atoms with E-state index >= 15 is 0 Å². The Labute approximate surface area is 81.9 Å². The zero-order chi connectivity index (χ0) is 10.7. The molecule has 0 aliphatic carbocycles. The Hall–Kier alpha value is -1.59. The Morgan fingerprint density at radius 2 is 2.29 bits per heavy atom. The van der Waals surface area contributed by atoms with Gasteiger partial charge in [-0.15, -0.1) is 0 Å². The van der Waals surface area contributed by atoms with Crippen LogP contribution in [0.1, 0.15) is 19.8 Å². The van der Waals surface area contributed by atoms with Crippen LogP contribution < -0.4 is 11.1 Å². The first-order valence-electron chi connectivity index (χ1n) is 4.51. The molecule has 1 aliphatic heterocycles. The highest BCUT2D eigenvalue weighted by molar-refractivity contribution is 6.04. The summed E-state index contributed by atoms with van der Waals surface area (Å²) in [5.74, 6) is -0.246. The van der Waals surface area contributed by atoms with Crippen molar-refractivity contribution in [1.29, 1.82) is 5.41 Å². The zero-order valence-corrected chi connectivity index (χ0v) is 8.04. The van der Waals surface area contributed by atoms with Gasteiger partial charge in [-0.3, -0.25) is 15.1 Å². The molecular weight excluding hydrogens is 184 g/mol. The second kappa shape index (κ2) is 4.08. The van der Waals surface area contributed by atoms with E-state index in [1.54, 1.807) is 0 Å². The molecule has 3 amide bonds. The molecule has 0 bridgehead atoms. The van der Waals surface area contributed by atoms with Crippen molar-refractivity contribution in [2.45, 2.75) is 25.8 Å². The maximum atomic E-state index is 11.5. The number of nitrogens with zero attached hydrogens (tertiary/aromatic N) is 1. The standard InChI is InChI=1S/C8H14N4O2/c1-2-5-7(13)12(8(14)11-5)4-3-6(9)10/h5H,2-4H2,1H3,(H3,9,10)(H,11,14). The number of nitrogens with two attached hydrogens (primary N) is 1. The summed E-state index contributed by atoms with van der Waals surface area (Å²) < 4.78 is 0. The molecule has 0 saturated carbocycles. The molecule has 1 fully saturated rings. The number of amides is 3. The van der Waals surface area contributed by atoms with Gasteiger partial charge in [0.25, 0.3) is 5.91 Å². The number of rotatable bonds is 4. The highest BCUT2D eigenvalue weighted by Gasteiger charge is 2.36. The summed E-state index contributed by atoms with van der Waals surface area (Å²) >= 11 is 0. The summed E-state index contributed by atoms with van der Waals surface area (Å²) in [5, 5.41) is 9.55. The van der Waals surface area contributed by atoms with Gasteiger partial charge in [-0.25, -0.2) is 4.79 Å². The fraction of sp³-hybridized carbons (Fsp3) is 0.625. The minimum absolute atomic E-state index is 0.0226. The Balaban J connectivity index is 2.56. The summed E-state index contributed by atoms with van der Waals surface area (Å²) in [6, 6.07) is -0.794. The average Bonchev–Trinajstić information content (AvgIpc) is 2.39. The van der Waals surface area contributed by atoms with E-state index in [9.17, 15) is 9.59 Å². The maximum Gasteiger partial charge on any atom is 0.324 e. The number of urea groups is 1. The minimum Gasteiger partial charge on any atom is -0.388 e. The molecular formula is C8H14N4O2. The largest absolute Gasteiger partial charge is 0.388 e. The zero-order valence-electron chi connectivity index (χ0n) is 8.04. The number of hydrogen-bond donors (Lipinski definition) is 3. The topological polar surface area (TPSA) is 99.3 Å². The molecule has 1 rings (SSSR count). The van der Waals surface area contributed by atoms with Gasteiger partial charge in [0.2, 0.25) is 0 Å². The normalized spacial score (nSPS) is 21.2. The first-order valence-corrected chi connectivity index (χ1v) is 4.51. The van der Waals surface area contributed by atoms with Crippen LogP contribution in [0.2, 0.25) is 0 Å². The van der Waals surface area contributed by atoms with Crippen LogP contribution >= 0.6 is 0 Å². The maximum absolute atomic E-state index is 11.5. The molecule has 0 aromatic rings. The Morgan fingerprint density at radius 1 is 1.64 bits per heavy atom. The summed E-state index contributed by atoms with van der Waals surface area (Å²) in [6.07, 6.45) is 0.816. The van der Waals surface area contributed by atoms with Gasteiger partial charge in [-0.2, -0.15) is 0 Å². The molecule has 6 nitrogen and oxygen atoms in total. The van der Waals surface area contributed by atoms with Crippen LogP contribution in [0.3, 0.4) is 0 Å². The minimum atomic E-state index is -0.408. The van der Waals surface area contributed by atoms with Gasteiger partial charge in [0.15, 0.2) is 0 Å². The van der Waals surface area contributed by atoms with E-state index in [1.807, 2.05) is 6.92 Å². The molecule has 1 atom stereocenters. The number of carbonyl (C=O) groups is 2. The molecule has 78 valence electrons. The first-order chi connectivity index (χ1) is 6.56. The van der Waals surface area contributed by atoms with E-state index in [1.165, 1.54) is 0 Å². The van der Waals surface area contributed by atoms with E-state index in [-0.39, 0.29) is 30.7 Å². The molecule has 0 radical (unpaired) electrons. The molecule has 4 N–H and O–H groups in total. The summed E-state index contributed by atoms with van der Waals surface area (Å²) in [6.45, 7) is 2.02. The molecule has 1 unspecified atom stereocenters. The van der Waals surface area contributed by atoms with Gasteiger partial charge in [0.1, 0.15) is 6.04 Å². The monoisotopic (exact) mass is 198 g/mol. The van der Waals surface area contributed by atoms with Crippen molar-refractivity contribution in [2.24, 2.45) is 5.73 Å². The average molecular weight is 198 g/mol. The highest BCUT2D eigenvalue weighted by atomic mass is 16.2. The quantitative estimate of drug-likeness (QED) is 0.327. The van der Waals surface area contributed by atoms with Gasteiger partial charge in [0.05, 0.1) is 5.84 Å². The Morgan fingerprint density at radius 3 is 2.71 bits per heavy atom. The van der Waals surface area contributed by atoms with E-state index in [4.69, 9.17) is 11.1 Å². The third kappa shape index (κ3) is 2.01. The van der Waals surface area contributed by atoms with Crippen molar-refractivity contribution < 1.29 is 9.59 Å². The van der Waals surface area contributed by atoms with E-state index in [0.717, 1.165) is 4.90 Å². The predicted octanol–water partition coefficient (Wildman–Crippen LogP) is -0.357. The molecule has 14 heavy (non-hydrogen) atoms. The smallest absolute Gasteiger partial charge is 0.324 e. The van der Waals surface area contributed by atoms with Crippen LogP contribution in [0.4, 0.5) is 4.79 Å². The van der Waals surface area contributed by atoms with Gasteiger partial charge in [-0.1, -0.05) is 6.92 Å². The summed E-state index contributed by atoms with van der Waals surface area (Å²) in [4.78, 5) is 23.8. The summed E-state index contributed by atoms with van der Waals surface area (Å²) in [7, 11) is 0. The fourth-order valence-electron chi connectivity index (χ4n) is 1.30. The lowest BCUT2D eigenvalue weighted by molar-refractivity contribution is -0.127. The lowest BCUT2D eigenvalue weighted by Crippen LogP contribution is -2.34. The van der Waals surface area contributed by atoms with Crippen molar-refractivity contribution >= 4 is 17.8 Å². The predicted molar refractivity (Wildman–Crippen MR) is 50.9 cm³/mol. The van der Waals surface area contributed by atoms with Crippen LogP contribution in [0, 0.1) is 5.41 Å². The van der Waals surface area contributed by atoms with Gasteiger partial charge < -0.3 is 11.1 Å². The number of nitrogens with one attached hydrogen (secondary N) is 2. The lowest BCUT2D eigenvalue weighted by atomic mass is 10.2. The van der Waals surface area contributed by atoms with Crippen molar-refractivity contribution in [3.63, 3.8) is 0 Å². The van der Waals surface area contributed by atoms with E-state index < -0.39 is 6.04 Å². The fourth-order valence-corrected chi connectivity index (χ4v) is 1.30. The molecule has 0 aromatic carbocycles. The number of amidine groups is 1. The summed E-state index contributed by atoms with van der Waals surface area (Å²) in [5.41, 5.74) is 5.14. The molecule has 0 spiro atoms. The molecule has 1 saturated heterocycles. The Bertz CT molecular complexity index is 277. The van der Waals surface area contributed by atoms with Gasteiger partial charge in [0, 0.05) is 13.0 Å². The first kappa shape index (κ1) is 10.5. The van der Waals surface area contributed by atoms with Crippen LogP contribution in [-0.4, -0.2) is 35.3 Å². The van der Waals surface area contributed by atoms with Crippen LogP contribution in [0.25, 0.3) is 0 Å². The van der Waals surface area contributed by atoms with Crippen molar-refractivity contribution in [3.05, 3.63) is 0 Å². The van der Waals surface area contributed by atoms with Gasteiger partial charge >= 0.3 is 6.03 Å². The Kier molecular flexibility index (Phi) is 3.06. The third-order valence-electron chi connectivity index (χ3n) is 2.12. The molecule has 6 heteroatoms. The molecule has 0 aromatic heterocycles. The van der Waals surface area contributed by atoms with Crippen LogP contribution in [0.15, 0.2) is 0 Å². The number of hydrogen-bond acceptors (Lipinski definition) is 3. The van der Waals surface area contributed by atoms with Crippen molar-refractivity contribution in [2.75, 3.05) is 6.54 Å². The molecule has 1 heterocycles. The van der Waals surface area contributed by atoms with Crippen LogP contribution in [0.5, 0.6) is 0 Å². The van der Waals surface area contributed by atoms with Crippen molar-refractivity contribution in [1.82, 2.24) is 10.2 Å². The SMILES string of the molecule is CCC1NC(=O)N(CCC(=N)N)C1=O. The second-order valence-corrected chi connectivity index (χ2v) is 3.18. The van der Waals surface area contributed by atoms with E-state index in [2.05, 4.69) is 5.32 Å². The van der Waals surface area contributed by atoms with Crippen molar-refractivity contribution in [3.8, 4) is 0 Å². The third-order valence-corrected chi connectivity index (χ3v) is 2.12. The van der Waals surface area contributed by atoms with Crippen LogP contribution in [-0.2, 0) is 4.79 Å². The molecule has 1 aliphatic rings. The second-order valence-electron chi connectivity index (χ2n) is 3.18. The number of carbonyl (C=O) groups excluding carboxylic acids is 2. The number of imide groups is 1. The van der Waals surface area contributed by atoms with Gasteiger partial charge in [-0.05, 0) is 6.42 Å². The van der Waals surface area contributed by atoms with E-state index in [0.29, 0.717) is 6.42 Å². The lowest BCUT2D eigenvalue weighted by Gasteiger charge is -2.11.